The number of carbonyl (C=O) groups excluding carboxylic acids is 1. The first kappa shape index (κ1) is 13.9. The summed E-state index contributed by atoms with van der Waals surface area (Å²) >= 11 is 0. The molecule has 1 saturated carbocycles. The van der Waals surface area contributed by atoms with Crippen molar-refractivity contribution in [3.05, 3.63) is 29.8 Å². The van der Waals surface area contributed by atoms with Crippen molar-refractivity contribution in [1.29, 1.82) is 0 Å². The highest BCUT2D eigenvalue weighted by Gasteiger charge is 2.27. The van der Waals surface area contributed by atoms with Gasteiger partial charge in [0, 0.05) is 38.3 Å². The number of nitrogens with two attached hydrogens (primary N) is 1. The molecule has 0 radical (unpaired) electrons. The van der Waals surface area contributed by atoms with E-state index < -0.39 is 0 Å². The third-order valence-electron chi connectivity index (χ3n) is 3.76. The summed E-state index contributed by atoms with van der Waals surface area (Å²) in [5.74, 6) is 0.251. The van der Waals surface area contributed by atoms with E-state index in [-0.39, 0.29) is 17.9 Å². The first-order valence-corrected chi connectivity index (χ1v) is 6.86. The molecule has 1 fully saturated rings. The standard InChI is InChI=1S/C15H23N3O/c1-18(2)14-7-3-11(4-8-14)10-17-15(19)12-5-6-13(16)9-12/h3-4,7-8,12-13H,5-6,9-10,16H2,1-2H3,(H,17,19). The van der Waals surface area contributed by atoms with E-state index in [0.717, 1.165) is 30.5 Å². The molecule has 2 atom stereocenters. The van der Waals surface area contributed by atoms with Gasteiger partial charge in [0.2, 0.25) is 5.91 Å². The summed E-state index contributed by atoms with van der Waals surface area (Å²) < 4.78 is 0. The molecule has 3 N–H and O–H groups in total. The molecule has 0 heterocycles. The summed E-state index contributed by atoms with van der Waals surface area (Å²) in [6.45, 7) is 0.596. The highest BCUT2D eigenvalue weighted by Crippen LogP contribution is 2.24. The van der Waals surface area contributed by atoms with Crippen LogP contribution in [0.15, 0.2) is 24.3 Å². The number of amides is 1. The fraction of sp³-hybridized carbons (Fsp3) is 0.533. The summed E-state index contributed by atoms with van der Waals surface area (Å²) in [6, 6.07) is 8.43. The van der Waals surface area contributed by atoms with Gasteiger partial charge in [0.05, 0.1) is 0 Å². The van der Waals surface area contributed by atoms with E-state index in [1.807, 2.05) is 14.1 Å². The molecule has 0 aliphatic heterocycles. The summed E-state index contributed by atoms with van der Waals surface area (Å²) in [5.41, 5.74) is 8.12. The average molecular weight is 261 g/mol. The highest BCUT2D eigenvalue weighted by atomic mass is 16.1. The molecule has 0 aromatic heterocycles. The highest BCUT2D eigenvalue weighted by molar-refractivity contribution is 5.79. The zero-order chi connectivity index (χ0) is 13.8. The summed E-state index contributed by atoms with van der Waals surface area (Å²) in [5, 5.41) is 3.00. The second-order valence-corrected chi connectivity index (χ2v) is 5.55. The molecule has 4 heteroatoms. The van der Waals surface area contributed by atoms with Crippen molar-refractivity contribution in [3.63, 3.8) is 0 Å². The van der Waals surface area contributed by atoms with Crippen molar-refractivity contribution in [2.45, 2.75) is 31.8 Å². The van der Waals surface area contributed by atoms with Crippen LogP contribution in [0, 0.1) is 5.92 Å². The van der Waals surface area contributed by atoms with E-state index in [2.05, 4.69) is 34.5 Å². The van der Waals surface area contributed by atoms with E-state index in [1.54, 1.807) is 0 Å². The normalized spacial score (nSPS) is 22.3. The maximum absolute atomic E-state index is 12.0. The Balaban J connectivity index is 1.83. The third kappa shape index (κ3) is 3.70. The Bertz CT molecular complexity index is 428. The van der Waals surface area contributed by atoms with Crippen molar-refractivity contribution < 1.29 is 4.79 Å². The van der Waals surface area contributed by atoms with Crippen LogP contribution >= 0.6 is 0 Å². The molecular weight excluding hydrogens is 238 g/mol. The van der Waals surface area contributed by atoms with E-state index >= 15 is 0 Å². The van der Waals surface area contributed by atoms with Gasteiger partial charge in [0.25, 0.3) is 0 Å². The van der Waals surface area contributed by atoms with Gasteiger partial charge in [-0.1, -0.05) is 12.1 Å². The first-order valence-electron chi connectivity index (χ1n) is 6.86. The minimum absolute atomic E-state index is 0.107. The molecule has 19 heavy (non-hydrogen) atoms. The average Bonchev–Trinajstić information content (AvgIpc) is 2.83. The number of benzene rings is 1. The second-order valence-electron chi connectivity index (χ2n) is 5.55. The topological polar surface area (TPSA) is 58.4 Å². The van der Waals surface area contributed by atoms with E-state index in [9.17, 15) is 4.79 Å². The number of anilines is 1. The van der Waals surface area contributed by atoms with Gasteiger partial charge in [-0.3, -0.25) is 4.79 Å². The smallest absolute Gasteiger partial charge is 0.223 e. The largest absolute Gasteiger partial charge is 0.378 e. The van der Waals surface area contributed by atoms with Crippen LogP contribution in [0.3, 0.4) is 0 Å². The Morgan fingerprint density at radius 1 is 1.32 bits per heavy atom. The molecule has 1 aromatic carbocycles. The van der Waals surface area contributed by atoms with Crippen LogP contribution in [0.5, 0.6) is 0 Å². The molecule has 0 spiro atoms. The fourth-order valence-electron chi connectivity index (χ4n) is 2.50. The second kappa shape index (κ2) is 6.06. The van der Waals surface area contributed by atoms with E-state index in [1.165, 1.54) is 0 Å². The minimum atomic E-state index is 0.107. The molecule has 2 rings (SSSR count). The molecule has 4 nitrogen and oxygen atoms in total. The molecule has 0 bridgehead atoms. The Morgan fingerprint density at radius 3 is 2.53 bits per heavy atom. The lowest BCUT2D eigenvalue weighted by atomic mass is 10.1. The molecule has 1 amide bonds. The quantitative estimate of drug-likeness (QED) is 0.863. The van der Waals surface area contributed by atoms with Gasteiger partial charge in [0.15, 0.2) is 0 Å². The van der Waals surface area contributed by atoms with Crippen LogP contribution < -0.4 is 16.0 Å². The number of rotatable bonds is 4. The van der Waals surface area contributed by atoms with Crippen LogP contribution in [0.2, 0.25) is 0 Å². The zero-order valence-electron chi connectivity index (χ0n) is 11.7. The maximum Gasteiger partial charge on any atom is 0.223 e. The van der Waals surface area contributed by atoms with Crippen LogP contribution in [0.4, 0.5) is 5.69 Å². The van der Waals surface area contributed by atoms with Crippen molar-refractivity contribution in [1.82, 2.24) is 5.32 Å². The molecule has 1 aliphatic rings. The number of hydrogen-bond donors (Lipinski definition) is 2. The number of nitrogens with zero attached hydrogens (tertiary/aromatic N) is 1. The number of nitrogens with one attached hydrogen (secondary N) is 1. The molecule has 1 aliphatic carbocycles. The third-order valence-corrected chi connectivity index (χ3v) is 3.76. The van der Waals surface area contributed by atoms with Crippen LogP contribution in [-0.4, -0.2) is 26.0 Å². The van der Waals surface area contributed by atoms with Gasteiger partial charge in [-0.15, -0.1) is 0 Å². The predicted octanol–water partition coefficient (Wildman–Crippen LogP) is 1.50. The molecular formula is C15H23N3O. The van der Waals surface area contributed by atoms with Gasteiger partial charge in [-0.25, -0.2) is 0 Å². The van der Waals surface area contributed by atoms with Gasteiger partial charge < -0.3 is 16.0 Å². The Morgan fingerprint density at radius 2 is 2.00 bits per heavy atom. The Hall–Kier alpha value is -1.55. The van der Waals surface area contributed by atoms with Crippen LogP contribution in [0.1, 0.15) is 24.8 Å². The monoisotopic (exact) mass is 261 g/mol. The summed E-state index contributed by atoms with van der Waals surface area (Å²) in [7, 11) is 4.03. The Kier molecular flexibility index (Phi) is 4.43. The maximum atomic E-state index is 12.0. The first-order chi connectivity index (χ1) is 9.06. The summed E-state index contributed by atoms with van der Waals surface area (Å²) in [4.78, 5) is 14.0. The molecule has 2 unspecified atom stereocenters. The predicted molar refractivity (Wildman–Crippen MR) is 77.9 cm³/mol. The lowest BCUT2D eigenvalue weighted by molar-refractivity contribution is -0.125. The zero-order valence-corrected chi connectivity index (χ0v) is 11.7. The van der Waals surface area contributed by atoms with Crippen LogP contribution in [0.25, 0.3) is 0 Å². The van der Waals surface area contributed by atoms with Crippen molar-refractivity contribution in [2.75, 3.05) is 19.0 Å². The van der Waals surface area contributed by atoms with E-state index in [4.69, 9.17) is 5.73 Å². The van der Waals surface area contributed by atoms with Gasteiger partial charge >= 0.3 is 0 Å². The lowest BCUT2D eigenvalue weighted by Crippen LogP contribution is -2.30. The van der Waals surface area contributed by atoms with Crippen molar-refractivity contribution >= 4 is 11.6 Å². The molecule has 104 valence electrons. The van der Waals surface area contributed by atoms with Crippen molar-refractivity contribution in [2.24, 2.45) is 11.7 Å². The fourth-order valence-corrected chi connectivity index (χ4v) is 2.50. The lowest BCUT2D eigenvalue weighted by Gasteiger charge is -2.14. The summed E-state index contributed by atoms with van der Waals surface area (Å²) in [6.07, 6.45) is 2.72. The van der Waals surface area contributed by atoms with Gasteiger partial charge in [-0.05, 0) is 37.0 Å². The number of carbonyl (C=O) groups is 1. The number of hydrogen-bond acceptors (Lipinski definition) is 3. The van der Waals surface area contributed by atoms with E-state index in [0.29, 0.717) is 6.54 Å². The van der Waals surface area contributed by atoms with Gasteiger partial charge in [0.1, 0.15) is 0 Å². The van der Waals surface area contributed by atoms with Crippen molar-refractivity contribution in [3.8, 4) is 0 Å². The Labute approximate surface area is 115 Å². The van der Waals surface area contributed by atoms with Crippen LogP contribution in [-0.2, 0) is 11.3 Å². The minimum Gasteiger partial charge on any atom is -0.378 e. The van der Waals surface area contributed by atoms with Gasteiger partial charge in [-0.2, -0.15) is 0 Å². The molecule has 0 saturated heterocycles. The SMILES string of the molecule is CN(C)c1ccc(CNC(=O)C2CCC(N)C2)cc1. The molecule has 1 aromatic rings.